The van der Waals surface area contributed by atoms with Crippen molar-refractivity contribution in [2.75, 3.05) is 26.2 Å². The van der Waals surface area contributed by atoms with Gasteiger partial charge < -0.3 is 34.8 Å². The number of benzene rings is 4. The Hall–Kier alpha value is -6.61. The van der Waals surface area contributed by atoms with Crippen LogP contribution >= 0.6 is 12.4 Å². The van der Waals surface area contributed by atoms with Gasteiger partial charge in [0.2, 0.25) is 0 Å². The molecule has 2 aromatic heterocycles. The lowest BCUT2D eigenvalue weighted by Gasteiger charge is -2.32. The van der Waals surface area contributed by atoms with Gasteiger partial charge in [-0.05, 0) is 162 Å². The molecule has 4 N–H and O–H groups in total. The third kappa shape index (κ3) is 12.7. The summed E-state index contributed by atoms with van der Waals surface area (Å²) in [6.45, 7) is 16.7. The highest BCUT2D eigenvalue weighted by atomic mass is 35.5. The number of carboxylic acids is 1. The molecule has 372 valence electrons. The second kappa shape index (κ2) is 24.0. The fourth-order valence-electron chi connectivity index (χ4n) is 9.91. The lowest BCUT2D eigenvalue weighted by Crippen LogP contribution is -2.38. The molecule has 2 atom stereocenters. The van der Waals surface area contributed by atoms with Crippen molar-refractivity contribution >= 4 is 24.3 Å². The number of aromatic nitrogens is 4. The van der Waals surface area contributed by atoms with Gasteiger partial charge in [0.1, 0.15) is 11.6 Å². The van der Waals surface area contributed by atoms with Crippen LogP contribution in [0.3, 0.4) is 0 Å². The van der Waals surface area contributed by atoms with Crippen molar-refractivity contribution in [2.45, 2.75) is 125 Å². The average Bonchev–Trinajstić information content (AvgIpc) is 3.98. The van der Waals surface area contributed by atoms with Crippen LogP contribution in [-0.2, 0) is 35.5 Å². The molecule has 14 heteroatoms. The van der Waals surface area contributed by atoms with Crippen molar-refractivity contribution in [2.24, 2.45) is 0 Å². The van der Waals surface area contributed by atoms with E-state index in [0.717, 1.165) is 131 Å². The van der Waals surface area contributed by atoms with E-state index in [1.807, 2.05) is 81.1 Å². The standard InChI is InChI=1S/C28H30N4O2.C16H18N2O3.C12H14N2.CH4.ClH/c1-17-12-18(2)24(14-23(17)27-30-25-13-19(3)34-16-26(25)31-27)28(33)32-10-8-22(9-11-32)21-6-4-20(15-29)5-7-21;1-8-4-9(2)12(16(19)20)6-11(8)15-17-13-5-10(3)21-7-14(13)18-15;13-9-10-1-3-11(4-2-10)12-5-7-14-8-6-12;;/h4-7,12,14,19,22H,8-11,13,16H2,1-3H3,(H,30,31);4,6,10H,5,7H2,1-3H3,(H,17,18)(H,19,20);1-4,12,14H,5-8H2;1H4;1H. The number of ether oxygens (including phenoxy) is 2. The zero-order valence-electron chi connectivity index (χ0n) is 40.9. The molecule has 4 aliphatic rings. The first-order chi connectivity index (χ1) is 33.3. The predicted octanol–water partition coefficient (Wildman–Crippen LogP) is 11.0. The van der Waals surface area contributed by atoms with E-state index in [9.17, 15) is 14.7 Å². The molecule has 0 spiro atoms. The van der Waals surface area contributed by atoms with E-state index in [1.165, 1.54) is 24.0 Å². The van der Waals surface area contributed by atoms with Crippen LogP contribution in [-0.4, -0.2) is 80.2 Å². The minimum Gasteiger partial charge on any atom is -0.478 e. The molecule has 0 bridgehead atoms. The molecule has 2 unspecified atom stereocenters. The number of fused-ring (bicyclic) bond motifs is 2. The molecular weight excluding hydrogens is 912 g/mol. The summed E-state index contributed by atoms with van der Waals surface area (Å²) in [4.78, 5) is 43.0. The Balaban J connectivity index is 0.000000190. The van der Waals surface area contributed by atoms with Crippen molar-refractivity contribution in [1.82, 2.24) is 30.2 Å². The summed E-state index contributed by atoms with van der Waals surface area (Å²) in [6, 6.07) is 27.9. The summed E-state index contributed by atoms with van der Waals surface area (Å²) in [5.41, 5.74) is 14.9. The number of amides is 1. The molecule has 0 saturated carbocycles. The van der Waals surface area contributed by atoms with E-state index in [0.29, 0.717) is 36.2 Å². The zero-order chi connectivity index (χ0) is 48.8. The Labute approximate surface area is 424 Å². The molecule has 2 saturated heterocycles. The summed E-state index contributed by atoms with van der Waals surface area (Å²) in [5.74, 6) is 1.81. The number of H-pyrrole nitrogens is 2. The van der Waals surface area contributed by atoms with Gasteiger partial charge in [0.25, 0.3) is 5.91 Å². The van der Waals surface area contributed by atoms with Gasteiger partial charge >= 0.3 is 5.97 Å². The maximum absolute atomic E-state index is 13.5. The summed E-state index contributed by atoms with van der Waals surface area (Å²) in [6.07, 6.45) is 6.21. The highest BCUT2D eigenvalue weighted by Crippen LogP contribution is 2.33. The molecule has 13 nitrogen and oxygen atoms in total. The number of carboxylic acid groups (broad SMARTS) is 1. The molecular formula is C57H67ClN8O5. The van der Waals surface area contributed by atoms with E-state index >= 15 is 0 Å². The second-order valence-corrected chi connectivity index (χ2v) is 19.0. The number of halogens is 1. The highest BCUT2D eigenvalue weighted by molar-refractivity contribution is 5.97. The summed E-state index contributed by atoms with van der Waals surface area (Å²) in [5, 5.41) is 30.3. The normalized spacial score (nSPS) is 17.5. The maximum atomic E-state index is 13.5. The largest absolute Gasteiger partial charge is 0.478 e. The lowest BCUT2D eigenvalue weighted by molar-refractivity contribution is 0.0381. The van der Waals surface area contributed by atoms with Crippen LogP contribution < -0.4 is 5.32 Å². The molecule has 10 rings (SSSR count). The molecule has 4 aliphatic heterocycles. The number of carbonyl (C=O) groups excluding carboxylic acids is 1. The molecule has 0 aliphatic carbocycles. The van der Waals surface area contributed by atoms with E-state index in [2.05, 4.69) is 64.5 Å². The average molecular weight is 980 g/mol. The predicted molar refractivity (Wildman–Crippen MR) is 279 cm³/mol. The van der Waals surface area contributed by atoms with Crippen molar-refractivity contribution in [3.8, 4) is 34.9 Å². The van der Waals surface area contributed by atoms with Gasteiger partial charge in [-0.25, -0.2) is 14.8 Å². The Bertz CT molecular complexity index is 2900. The molecule has 2 fully saturated rings. The first kappa shape index (κ1) is 53.7. The van der Waals surface area contributed by atoms with Crippen LogP contribution in [0.2, 0.25) is 0 Å². The minimum atomic E-state index is -0.915. The van der Waals surface area contributed by atoms with Crippen molar-refractivity contribution in [1.29, 1.82) is 10.5 Å². The number of nitriles is 2. The number of piperidine rings is 2. The number of nitrogens with one attached hydrogen (secondary N) is 3. The Morgan fingerprint density at radius 3 is 1.51 bits per heavy atom. The summed E-state index contributed by atoms with van der Waals surface area (Å²) >= 11 is 0. The van der Waals surface area contributed by atoms with Gasteiger partial charge in [-0.1, -0.05) is 43.8 Å². The van der Waals surface area contributed by atoms with Gasteiger partial charge in [0.05, 0.1) is 77.0 Å². The highest BCUT2D eigenvalue weighted by Gasteiger charge is 2.28. The van der Waals surface area contributed by atoms with Gasteiger partial charge in [-0.15, -0.1) is 12.4 Å². The Morgan fingerprint density at radius 2 is 1.07 bits per heavy atom. The van der Waals surface area contributed by atoms with Crippen molar-refractivity contribution in [3.63, 3.8) is 0 Å². The number of likely N-dealkylation sites (tertiary alicyclic amines) is 1. The number of carbonyl (C=O) groups is 2. The SMILES string of the molecule is C.Cc1cc(C)c(-c2nc3c([nH]2)COC(C)C3)cc1C(=O)N1CCC(c2ccc(C#N)cc2)CC1.Cc1cc(C)c(-c2nc3c([nH]2)COC(C)C3)cc1C(=O)O.Cl.N#Cc1ccc(C2CCNCC2)cc1. The van der Waals surface area contributed by atoms with Crippen LogP contribution in [0.15, 0.2) is 72.8 Å². The van der Waals surface area contributed by atoms with Crippen LogP contribution in [0.1, 0.15) is 147 Å². The van der Waals surface area contributed by atoms with E-state index < -0.39 is 5.97 Å². The first-order valence-electron chi connectivity index (χ1n) is 24.1. The Morgan fingerprint density at radius 1 is 0.648 bits per heavy atom. The van der Waals surface area contributed by atoms with Crippen LogP contribution in [0, 0.1) is 50.4 Å². The van der Waals surface area contributed by atoms with E-state index in [1.54, 1.807) is 6.07 Å². The molecule has 1 amide bonds. The number of rotatable bonds is 6. The van der Waals surface area contributed by atoms with Gasteiger partial charge in [0.15, 0.2) is 0 Å². The molecule has 4 aromatic carbocycles. The number of hydrogen-bond acceptors (Lipinski definition) is 9. The van der Waals surface area contributed by atoms with Gasteiger partial charge in [0, 0.05) is 42.6 Å². The number of nitrogens with zero attached hydrogens (tertiary/aromatic N) is 5. The van der Waals surface area contributed by atoms with Crippen LogP contribution in [0.25, 0.3) is 22.8 Å². The Kier molecular flexibility index (Phi) is 18.2. The summed E-state index contributed by atoms with van der Waals surface area (Å²) in [7, 11) is 0. The third-order valence-corrected chi connectivity index (χ3v) is 14.0. The fraction of sp³-hybridized carbons (Fsp3) is 0.404. The van der Waals surface area contributed by atoms with Crippen LogP contribution in [0.4, 0.5) is 0 Å². The number of aromatic amines is 2. The molecule has 6 heterocycles. The van der Waals surface area contributed by atoms with E-state index in [4.69, 9.17) is 25.0 Å². The number of imidazole rings is 2. The smallest absolute Gasteiger partial charge is 0.335 e. The van der Waals surface area contributed by atoms with Crippen molar-refractivity contribution in [3.05, 3.63) is 151 Å². The van der Waals surface area contributed by atoms with Gasteiger partial charge in [-0.3, -0.25) is 4.79 Å². The fourth-order valence-corrected chi connectivity index (χ4v) is 9.91. The second-order valence-electron chi connectivity index (χ2n) is 19.0. The van der Waals surface area contributed by atoms with Crippen LogP contribution in [0.5, 0.6) is 0 Å². The maximum Gasteiger partial charge on any atom is 0.335 e. The van der Waals surface area contributed by atoms with Gasteiger partial charge in [-0.2, -0.15) is 10.5 Å². The zero-order valence-corrected chi connectivity index (χ0v) is 41.8. The molecule has 0 radical (unpaired) electrons. The lowest BCUT2D eigenvalue weighted by atomic mass is 9.88. The third-order valence-electron chi connectivity index (χ3n) is 14.0. The van der Waals surface area contributed by atoms with Crippen molar-refractivity contribution < 1.29 is 24.2 Å². The first-order valence-corrected chi connectivity index (χ1v) is 24.1. The quantitative estimate of drug-likeness (QED) is 0.125. The number of aryl methyl sites for hydroxylation is 4. The number of aromatic carboxylic acids is 1. The molecule has 6 aromatic rings. The topological polar surface area (TPSA) is 193 Å². The number of hydrogen-bond donors (Lipinski definition) is 4. The minimum absolute atomic E-state index is 0. The monoisotopic (exact) mass is 978 g/mol. The summed E-state index contributed by atoms with van der Waals surface area (Å²) < 4.78 is 11.3. The van der Waals surface area contributed by atoms with E-state index in [-0.39, 0.29) is 37.9 Å². The molecule has 71 heavy (non-hydrogen) atoms.